The number of pyridine rings is 1. The fraction of sp³-hybridized carbons (Fsp3) is 0.409. The van der Waals surface area contributed by atoms with Gasteiger partial charge in [-0.05, 0) is 36.8 Å². The number of rotatable bonds is 7. The molecule has 2 aromatic rings. The van der Waals surface area contributed by atoms with E-state index in [1.54, 1.807) is 23.2 Å². The van der Waals surface area contributed by atoms with Crippen molar-refractivity contribution in [2.24, 2.45) is 0 Å². The third kappa shape index (κ3) is 6.08. The summed E-state index contributed by atoms with van der Waals surface area (Å²) in [5.74, 6) is -1.70. The first-order chi connectivity index (χ1) is 14.6. The van der Waals surface area contributed by atoms with Crippen LogP contribution in [0, 0.1) is 5.82 Å². The van der Waals surface area contributed by atoms with Crippen LogP contribution < -0.4 is 20.4 Å². The second-order valence-corrected chi connectivity index (χ2v) is 7.62. The normalized spacial score (nSPS) is 19.7. The van der Waals surface area contributed by atoms with Crippen molar-refractivity contribution >= 4 is 11.8 Å². The number of amides is 2. The summed E-state index contributed by atoms with van der Waals surface area (Å²) in [6.45, 7) is 8.06. The van der Waals surface area contributed by atoms with Crippen molar-refractivity contribution < 1.29 is 23.8 Å². The number of halogens is 1. The summed E-state index contributed by atoms with van der Waals surface area (Å²) in [5.41, 5.74) is 1.78. The molecule has 0 saturated carbocycles. The second kappa shape index (κ2) is 10.8. The molecule has 3 rings (SSSR count). The van der Waals surface area contributed by atoms with Crippen molar-refractivity contribution in [3.05, 3.63) is 65.7 Å². The fourth-order valence-electron chi connectivity index (χ4n) is 3.85. The highest BCUT2D eigenvalue weighted by Gasteiger charge is 2.31. The summed E-state index contributed by atoms with van der Waals surface area (Å²) < 4.78 is 13.0. The highest BCUT2D eigenvalue weighted by molar-refractivity contribution is 6.35. The summed E-state index contributed by atoms with van der Waals surface area (Å²) in [7, 11) is 0. The van der Waals surface area contributed by atoms with E-state index >= 15 is 0 Å². The standard InChI is InChI=1S/C22H28FN5O2/c1-2-27-10-12-28(13-11-27)20(18-4-3-9-24-15-18)16-26-22(30)21(29)25-14-17-5-7-19(23)8-6-17/h3-9,15,20H,2,10-14,16H2,1H3,(H,25,29)(H,26,30)/p+2/t20-/m0/s1. The Labute approximate surface area is 176 Å². The van der Waals surface area contributed by atoms with Gasteiger partial charge in [0.1, 0.15) is 38.0 Å². The number of hydrogen-bond donors (Lipinski definition) is 4. The van der Waals surface area contributed by atoms with Crippen molar-refractivity contribution in [3.8, 4) is 0 Å². The van der Waals surface area contributed by atoms with E-state index in [0.717, 1.165) is 43.9 Å². The number of carbonyl (C=O) groups excluding carboxylic acids is 2. The maximum Gasteiger partial charge on any atom is 0.309 e. The molecule has 0 spiro atoms. The van der Waals surface area contributed by atoms with Gasteiger partial charge in [-0.25, -0.2) is 4.39 Å². The molecule has 1 fully saturated rings. The quantitative estimate of drug-likeness (QED) is 0.416. The van der Waals surface area contributed by atoms with Crippen LogP contribution in [0.25, 0.3) is 0 Å². The van der Waals surface area contributed by atoms with E-state index in [1.165, 1.54) is 17.0 Å². The zero-order valence-electron chi connectivity index (χ0n) is 17.3. The molecule has 160 valence electrons. The molecule has 30 heavy (non-hydrogen) atoms. The van der Waals surface area contributed by atoms with Crippen LogP contribution >= 0.6 is 0 Å². The van der Waals surface area contributed by atoms with E-state index in [2.05, 4.69) is 22.5 Å². The molecular formula is C22H30FN5O2+2. The first kappa shape index (κ1) is 21.9. The molecule has 2 heterocycles. The molecule has 1 aromatic carbocycles. The van der Waals surface area contributed by atoms with Crippen molar-refractivity contribution in [1.82, 2.24) is 15.6 Å². The summed E-state index contributed by atoms with van der Waals surface area (Å²) in [6, 6.07) is 9.76. The van der Waals surface area contributed by atoms with Crippen LogP contribution in [0.1, 0.15) is 24.1 Å². The van der Waals surface area contributed by atoms with Crippen LogP contribution in [0.4, 0.5) is 4.39 Å². The summed E-state index contributed by atoms with van der Waals surface area (Å²) in [5, 5.41) is 5.36. The van der Waals surface area contributed by atoms with E-state index in [9.17, 15) is 14.0 Å². The van der Waals surface area contributed by atoms with Gasteiger partial charge in [0.05, 0.1) is 13.1 Å². The molecule has 1 aliphatic heterocycles. The number of benzene rings is 1. The maximum atomic E-state index is 13.0. The van der Waals surface area contributed by atoms with Gasteiger partial charge in [0.15, 0.2) is 0 Å². The van der Waals surface area contributed by atoms with Gasteiger partial charge in [-0.1, -0.05) is 12.1 Å². The molecule has 0 radical (unpaired) electrons. The zero-order valence-corrected chi connectivity index (χ0v) is 17.3. The van der Waals surface area contributed by atoms with E-state index in [-0.39, 0.29) is 18.4 Å². The topological polar surface area (TPSA) is 80.0 Å². The molecule has 1 aromatic heterocycles. The van der Waals surface area contributed by atoms with Crippen LogP contribution in [0.3, 0.4) is 0 Å². The van der Waals surface area contributed by atoms with Crippen molar-refractivity contribution in [2.75, 3.05) is 39.3 Å². The number of piperazine rings is 1. The van der Waals surface area contributed by atoms with Gasteiger partial charge in [-0.2, -0.15) is 0 Å². The lowest BCUT2D eigenvalue weighted by atomic mass is 10.1. The highest BCUT2D eigenvalue weighted by Crippen LogP contribution is 2.07. The van der Waals surface area contributed by atoms with Gasteiger partial charge in [0.2, 0.25) is 0 Å². The van der Waals surface area contributed by atoms with Crippen LogP contribution in [0.2, 0.25) is 0 Å². The monoisotopic (exact) mass is 415 g/mol. The molecular weight excluding hydrogens is 385 g/mol. The minimum Gasteiger partial charge on any atom is -0.344 e. The van der Waals surface area contributed by atoms with E-state index in [1.807, 2.05) is 18.3 Å². The Morgan fingerprint density at radius 1 is 1.07 bits per heavy atom. The maximum absolute atomic E-state index is 13.0. The molecule has 0 bridgehead atoms. The third-order valence-corrected chi connectivity index (χ3v) is 5.72. The number of nitrogens with zero attached hydrogens (tertiary/aromatic N) is 1. The van der Waals surface area contributed by atoms with Crippen molar-refractivity contribution in [1.29, 1.82) is 0 Å². The Hall–Kier alpha value is -2.84. The van der Waals surface area contributed by atoms with Crippen LogP contribution in [0.5, 0.6) is 0 Å². The minimum atomic E-state index is -0.695. The smallest absolute Gasteiger partial charge is 0.309 e. The Balaban J connectivity index is 1.55. The number of hydrogen-bond acceptors (Lipinski definition) is 3. The second-order valence-electron chi connectivity index (χ2n) is 7.62. The van der Waals surface area contributed by atoms with E-state index in [4.69, 9.17) is 0 Å². The average molecular weight is 416 g/mol. The molecule has 1 atom stereocenters. The lowest BCUT2D eigenvalue weighted by Crippen LogP contribution is -3.28. The van der Waals surface area contributed by atoms with Crippen molar-refractivity contribution in [2.45, 2.75) is 19.5 Å². The van der Waals surface area contributed by atoms with Gasteiger partial charge in [0, 0.05) is 24.5 Å². The SMILES string of the molecule is CC[NH+]1CC[NH+]([C@@H](CNC(=O)C(=O)NCc2ccc(F)cc2)c2cccnc2)CC1. The summed E-state index contributed by atoms with van der Waals surface area (Å²) in [6.07, 6.45) is 3.56. The number of aromatic nitrogens is 1. The molecule has 2 amide bonds. The Morgan fingerprint density at radius 2 is 1.77 bits per heavy atom. The highest BCUT2D eigenvalue weighted by atomic mass is 19.1. The largest absolute Gasteiger partial charge is 0.344 e. The lowest BCUT2D eigenvalue weighted by Gasteiger charge is -2.34. The Kier molecular flexibility index (Phi) is 7.87. The number of carbonyl (C=O) groups is 2. The average Bonchev–Trinajstić information content (AvgIpc) is 2.79. The predicted octanol–water partition coefficient (Wildman–Crippen LogP) is -1.50. The van der Waals surface area contributed by atoms with Crippen LogP contribution in [0.15, 0.2) is 48.8 Å². The van der Waals surface area contributed by atoms with Gasteiger partial charge in [-0.15, -0.1) is 0 Å². The predicted molar refractivity (Wildman–Crippen MR) is 110 cm³/mol. The Morgan fingerprint density at radius 3 is 2.40 bits per heavy atom. The fourth-order valence-corrected chi connectivity index (χ4v) is 3.85. The molecule has 7 nitrogen and oxygen atoms in total. The van der Waals surface area contributed by atoms with E-state index < -0.39 is 11.8 Å². The molecule has 8 heteroatoms. The number of likely N-dealkylation sites (N-methyl/N-ethyl adjacent to an activating group) is 1. The number of nitrogens with one attached hydrogen (secondary N) is 4. The molecule has 1 saturated heterocycles. The summed E-state index contributed by atoms with van der Waals surface area (Å²) in [4.78, 5) is 31.7. The summed E-state index contributed by atoms with van der Waals surface area (Å²) >= 11 is 0. The third-order valence-electron chi connectivity index (χ3n) is 5.72. The molecule has 4 N–H and O–H groups in total. The molecule has 0 aliphatic carbocycles. The zero-order chi connectivity index (χ0) is 21.3. The van der Waals surface area contributed by atoms with Gasteiger partial charge >= 0.3 is 11.8 Å². The van der Waals surface area contributed by atoms with Crippen LogP contribution in [-0.4, -0.2) is 56.1 Å². The van der Waals surface area contributed by atoms with Gasteiger partial charge in [-0.3, -0.25) is 14.6 Å². The molecule has 1 aliphatic rings. The van der Waals surface area contributed by atoms with E-state index in [0.29, 0.717) is 6.54 Å². The van der Waals surface area contributed by atoms with Crippen LogP contribution in [-0.2, 0) is 16.1 Å². The van der Waals surface area contributed by atoms with Gasteiger partial charge < -0.3 is 20.4 Å². The molecule has 0 unspecified atom stereocenters. The number of quaternary nitrogens is 2. The Bertz CT molecular complexity index is 823. The van der Waals surface area contributed by atoms with Crippen molar-refractivity contribution in [3.63, 3.8) is 0 Å². The first-order valence-corrected chi connectivity index (χ1v) is 10.5. The first-order valence-electron chi connectivity index (χ1n) is 10.5. The lowest BCUT2D eigenvalue weighted by molar-refractivity contribution is -1.03. The van der Waals surface area contributed by atoms with Gasteiger partial charge in [0.25, 0.3) is 0 Å². The minimum absolute atomic E-state index is 0.0472.